The number of aliphatic carboxylic acids is 1. The number of carboxylic acids is 1. The molecule has 7 heteroatoms. The molecule has 1 aliphatic rings. The second-order valence-electron chi connectivity index (χ2n) is 8.77. The minimum Gasteiger partial charge on any atom is -0.496 e. The zero-order valence-electron chi connectivity index (χ0n) is 19.3. The average Bonchev–Trinajstić information content (AvgIpc) is 2.78. The van der Waals surface area contributed by atoms with Crippen LogP contribution >= 0.6 is 0 Å². The number of methoxy groups -OCH3 is 1. The number of nitrogens with zero attached hydrogens (tertiary/aromatic N) is 1. The number of anilines is 1. The van der Waals surface area contributed by atoms with E-state index >= 15 is 0 Å². The molecule has 0 saturated heterocycles. The van der Waals surface area contributed by atoms with Gasteiger partial charge in [-0.1, -0.05) is 17.7 Å². The van der Waals surface area contributed by atoms with Gasteiger partial charge < -0.3 is 20.5 Å². The van der Waals surface area contributed by atoms with Crippen LogP contribution in [-0.4, -0.2) is 35.6 Å². The van der Waals surface area contributed by atoms with Gasteiger partial charge in [-0.25, -0.2) is 4.98 Å². The van der Waals surface area contributed by atoms with Gasteiger partial charge in [0.25, 0.3) is 5.91 Å². The maximum Gasteiger partial charge on any atom is 0.306 e. The highest BCUT2D eigenvalue weighted by atomic mass is 16.5. The van der Waals surface area contributed by atoms with Crippen LogP contribution in [0.2, 0.25) is 0 Å². The van der Waals surface area contributed by atoms with Gasteiger partial charge in [-0.3, -0.25) is 9.59 Å². The van der Waals surface area contributed by atoms with Crippen molar-refractivity contribution in [3.63, 3.8) is 0 Å². The minimum absolute atomic E-state index is 0.0170. The number of amides is 1. The Morgan fingerprint density at radius 2 is 1.91 bits per heavy atom. The van der Waals surface area contributed by atoms with Crippen molar-refractivity contribution in [3.05, 3.63) is 52.7 Å². The normalized spacial score (nSPS) is 19.1. The molecule has 1 fully saturated rings. The highest BCUT2D eigenvalue weighted by Gasteiger charge is 2.26. The lowest BCUT2D eigenvalue weighted by molar-refractivity contribution is -0.143. The van der Waals surface area contributed by atoms with E-state index in [1.165, 1.54) is 0 Å². The SMILES string of the molecule is COc1ccc(C)cc1[C@H](C)Nc1ncc(C(=O)NCC2CCC(C(=O)O)CC2)cc1C. The number of aryl methyl sites for hydroxylation is 2. The molecule has 1 aromatic carbocycles. The fraction of sp³-hybridized carbons (Fsp3) is 0.480. The zero-order chi connectivity index (χ0) is 23.3. The monoisotopic (exact) mass is 439 g/mol. The zero-order valence-corrected chi connectivity index (χ0v) is 19.3. The number of carbonyl (C=O) groups excluding carboxylic acids is 1. The number of hydrogen-bond acceptors (Lipinski definition) is 5. The maximum atomic E-state index is 12.6. The number of hydrogen-bond donors (Lipinski definition) is 3. The van der Waals surface area contributed by atoms with E-state index in [9.17, 15) is 9.59 Å². The van der Waals surface area contributed by atoms with Crippen LogP contribution in [0.3, 0.4) is 0 Å². The maximum absolute atomic E-state index is 12.6. The van der Waals surface area contributed by atoms with Crippen LogP contribution in [0.25, 0.3) is 0 Å². The van der Waals surface area contributed by atoms with Gasteiger partial charge in [0.2, 0.25) is 0 Å². The van der Waals surface area contributed by atoms with E-state index in [2.05, 4.69) is 28.6 Å². The smallest absolute Gasteiger partial charge is 0.306 e. The topological polar surface area (TPSA) is 101 Å². The van der Waals surface area contributed by atoms with E-state index in [-0.39, 0.29) is 17.9 Å². The molecule has 1 aliphatic carbocycles. The molecule has 0 radical (unpaired) electrons. The summed E-state index contributed by atoms with van der Waals surface area (Å²) < 4.78 is 5.49. The Labute approximate surface area is 189 Å². The van der Waals surface area contributed by atoms with Gasteiger partial charge in [0.1, 0.15) is 11.6 Å². The molecule has 1 heterocycles. The largest absolute Gasteiger partial charge is 0.496 e. The third-order valence-corrected chi connectivity index (χ3v) is 6.29. The summed E-state index contributed by atoms with van der Waals surface area (Å²) in [5, 5.41) is 15.5. The van der Waals surface area contributed by atoms with Crippen molar-refractivity contribution in [2.24, 2.45) is 11.8 Å². The van der Waals surface area contributed by atoms with Crippen LogP contribution in [0.4, 0.5) is 5.82 Å². The average molecular weight is 440 g/mol. The van der Waals surface area contributed by atoms with Crippen molar-refractivity contribution in [1.82, 2.24) is 10.3 Å². The minimum atomic E-state index is -0.710. The number of benzene rings is 1. The summed E-state index contributed by atoms with van der Waals surface area (Å²) in [6, 6.07) is 7.90. The Balaban J connectivity index is 1.58. The Morgan fingerprint density at radius 1 is 1.19 bits per heavy atom. The van der Waals surface area contributed by atoms with Crippen molar-refractivity contribution in [1.29, 1.82) is 0 Å². The number of ether oxygens (including phenoxy) is 1. The highest BCUT2D eigenvalue weighted by molar-refractivity contribution is 5.94. The Kier molecular flexibility index (Phi) is 7.72. The molecule has 0 spiro atoms. The van der Waals surface area contributed by atoms with E-state index in [1.54, 1.807) is 13.3 Å². The first-order chi connectivity index (χ1) is 15.3. The van der Waals surface area contributed by atoms with Gasteiger partial charge in [0.15, 0.2) is 0 Å². The molecule has 0 unspecified atom stereocenters. The standard InChI is InChI=1S/C25H33N3O4/c1-15-5-10-22(32-4)21(11-15)17(3)28-23-16(2)12-20(14-26-23)24(29)27-13-18-6-8-19(9-7-18)25(30)31/h5,10-12,14,17-19H,6-9,13H2,1-4H3,(H,26,28)(H,27,29)(H,30,31)/t17-,18?,19?/m0/s1. The molecule has 3 rings (SSSR count). The predicted molar refractivity (Wildman–Crippen MR) is 124 cm³/mol. The quantitative estimate of drug-likeness (QED) is 0.560. The molecule has 3 N–H and O–H groups in total. The van der Waals surface area contributed by atoms with E-state index in [0.29, 0.717) is 30.9 Å². The summed E-state index contributed by atoms with van der Waals surface area (Å²) in [7, 11) is 1.66. The summed E-state index contributed by atoms with van der Waals surface area (Å²) in [5.74, 6) is 0.774. The summed E-state index contributed by atoms with van der Waals surface area (Å²) in [4.78, 5) is 28.2. The fourth-order valence-corrected chi connectivity index (χ4v) is 4.28. The number of rotatable bonds is 8. The molecular formula is C25H33N3O4. The second kappa shape index (κ2) is 10.5. The molecule has 1 saturated carbocycles. The van der Waals surface area contributed by atoms with Crippen LogP contribution in [0.15, 0.2) is 30.5 Å². The van der Waals surface area contributed by atoms with Crippen molar-refractivity contribution in [3.8, 4) is 5.75 Å². The van der Waals surface area contributed by atoms with Crippen molar-refractivity contribution in [2.75, 3.05) is 19.0 Å². The van der Waals surface area contributed by atoms with Gasteiger partial charge in [-0.05, 0) is 70.1 Å². The number of nitrogens with one attached hydrogen (secondary N) is 2. The Hall–Kier alpha value is -3.09. The van der Waals surface area contributed by atoms with Crippen LogP contribution in [0.1, 0.15) is 65.7 Å². The molecule has 0 aliphatic heterocycles. The van der Waals surface area contributed by atoms with Crippen LogP contribution < -0.4 is 15.4 Å². The number of pyridine rings is 1. The summed E-state index contributed by atoms with van der Waals surface area (Å²) in [6.45, 7) is 6.59. The second-order valence-corrected chi connectivity index (χ2v) is 8.77. The van der Waals surface area contributed by atoms with Crippen LogP contribution in [0, 0.1) is 25.7 Å². The molecule has 32 heavy (non-hydrogen) atoms. The van der Waals surface area contributed by atoms with E-state index in [4.69, 9.17) is 9.84 Å². The van der Waals surface area contributed by atoms with E-state index in [0.717, 1.165) is 41.1 Å². The van der Waals surface area contributed by atoms with E-state index < -0.39 is 5.97 Å². The highest BCUT2D eigenvalue weighted by Crippen LogP contribution is 2.30. The number of aromatic nitrogens is 1. The molecule has 2 aromatic rings. The molecular weight excluding hydrogens is 406 g/mol. The lowest BCUT2D eigenvalue weighted by Crippen LogP contribution is -2.32. The van der Waals surface area contributed by atoms with Crippen LogP contribution in [-0.2, 0) is 4.79 Å². The molecule has 0 bridgehead atoms. The summed E-state index contributed by atoms with van der Waals surface area (Å²) in [6.07, 6.45) is 4.61. The van der Waals surface area contributed by atoms with Gasteiger partial charge >= 0.3 is 5.97 Å². The van der Waals surface area contributed by atoms with Gasteiger partial charge in [-0.2, -0.15) is 0 Å². The number of carbonyl (C=O) groups is 2. The lowest BCUT2D eigenvalue weighted by Gasteiger charge is -2.26. The number of carboxylic acid groups (broad SMARTS) is 1. The van der Waals surface area contributed by atoms with E-state index in [1.807, 2.05) is 32.0 Å². The van der Waals surface area contributed by atoms with Gasteiger partial charge in [-0.15, -0.1) is 0 Å². The van der Waals surface area contributed by atoms with Crippen molar-refractivity contribution < 1.29 is 19.4 Å². The van der Waals surface area contributed by atoms with Crippen molar-refractivity contribution >= 4 is 17.7 Å². The third kappa shape index (κ3) is 5.78. The fourth-order valence-electron chi connectivity index (χ4n) is 4.28. The summed E-state index contributed by atoms with van der Waals surface area (Å²) >= 11 is 0. The van der Waals surface area contributed by atoms with Crippen LogP contribution in [0.5, 0.6) is 5.75 Å². The first-order valence-corrected chi connectivity index (χ1v) is 11.2. The first kappa shape index (κ1) is 23.6. The molecule has 1 aromatic heterocycles. The molecule has 172 valence electrons. The molecule has 7 nitrogen and oxygen atoms in total. The third-order valence-electron chi connectivity index (χ3n) is 6.29. The first-order valence-electron chi connectivity index (χ1n) is 11.2. The molecule has 1 atom stereocenters. The van der Waals surface area contributed by atoms with Crippen molar-refractivity contribution in [2.45, 2.75) is 52.5 Å². The van der Waals surface area contributed by atoms with Gasteiger partial charge in [0, 0.05) is 18.3 Å². The lowest BCUT2D eigenvalue weighted by atomic mass is 9.82. The Morgan fingerprint density at radius 3 is 2.53 bits per heavy atom. The summed E-state index contributed by atoms with van der Waals surface area (Å²) in [5.41, 5.74) is 3.61. The molecule has 1 amide bonds. The predicted octanol–water partition coefficient (Wildman–Crippen LogP) is 4.50. The Bertz CT molecular complexity index is 968. The van der Waals surface area contributed by atoms with Gasteiger partial charge in [0.05, 0.1) is 24.6 Å².